The standard InChI is InChI=1S/C18H30O3/c1-7-18(6,20)12-8-9-15(4)13-17(21-16(5)19)11-10-14(2)3/h7,9-11,14,17,20H,1,8,12-13H2,2-6H3/b11-10+,15-9+/t17-,18+/m1/s1. The van der Waals surface area contributed by atoms with Gasteiger partial charge in [-0.25, -0.2) is 0 Å². The molecule has 0 aromatic rings. The molecular weight excluding hydrogens is 264 g/mol. The molecule has 3 heteroatoms. The number of allylic oxidation sites excluding steroid dienone is 2. The molecule has 120 valence electrons. The predicted molar refractivity (Wildman–Crippen MR) is 88.0 cm³/mol. The Kier molecular flexibility index (Phi) is 8.95. The van der Waals surface area contributed by atoms with Crippen LogP contribution in [0.1, 0.15) is 53.9 Å². The summed E-state index contributed by atoms with van der Waals surface area (Å²) in [5.74, 6) is 0.158. The Morgan fingerprint density at radius 3 is 2.43 bits per heavy atom. The van der Waals surface area contributed by atoms with E-state index < -0.39 is 5.60 Å². The van der Waals surface area contributed by atoms with Crippen molar-refractivity contribution in [2.24, 2.45) is 5.92 Å². The third kappa shape index (κ3) is 11.0. The average Bonchev–Trinajstić information content (AvgIpc) is 2.35. The van der Waals surface area contributed by atoms with Crippen LogP contribution in [0.5, 0.6) is 0 Å². The number of aliphatic hydroxyl groups is 1. The smallest absolute Gasteiger partial charge is 0.303 e. The van der Waals surface area contributed by atoms with Crippen LogP contribution in [0.2, 0.25) is 0 Å². The maximum absolute atomic E-state index is 11.1. The summed E-state index contributed by atoms with van der Waals surface area (Å²) in [7, 11) is 0. The van der Waals surface area contributed by atoms with Crippen LogP contribution in [0.25, 0.3) is 0 Å². The van der Waals surface area contributed by atoms with E-state index in [1.807, 2.05) is 19.1 Å². The van der Waals surface area contributed by atoms with Crippen LogP contribution in [-0.4, -0.2) is 22.8 Å². The highest BCUT2D eigenvalue weighted by Crippen LogP contribution is 2.17. The average molecular weight is 294 g/mol. The van der Waals surface area contributed by atoms with E-state index in [9.17, 15) is 9.90 Å². The van der Waals surface area contributed by atoms with Gasteiger partial charge < -0.3 is 9.84 Å². The fourth-order valence-electron chi connectivity index (χ4n) is 1.82. The molecule has 0 fully saturated rings. The van der Waals surface area contributed by atoms with Crippen LogP contribution in [0.15, 0.2) is 36.5 Å². The number of ether oxygens (including phenoxy) is 1. The fourth-order valence-corrected chi connectivity index (χ4v) is 1.82. The largest absolute Gasteiger partial charge is 0.458 e. The number of hydrogen-bond donors (Lipinski definition) is 1. The monoisotopic (exact) mass is 294 g/mol. The minimum absolute atomic E-state index is 0.221. The summed E-state index contributed by atoms with van der Waals surface area (Å²) < 4.78 is 5.31. The number of hydrogen-bond acceptors (Lipinski definition) is 3. The highest BCUT2D eigenvalue weighted by molar-refractivity contribution is 5.66. The topological polar surface area (TPSA) is 46.5 Å². The van der Waals surface area contributed by atoms with E-state index in [4.69, 9.17) is 4.74 Å². The first kappa shape index (κ1) is 19.7. The third-order valence-corrected chi connectivity index (χ3v) is 3.13. The first-order valence-electron chi connectivity index (χ1n) is 7.53. The number of esters is 1. The molecule has 0 saturated heterocycles. The van der Waals surface area contributed by atoms with E-state index in [0.29, 0.717) is 18.8 Å². The van der Waals surface area contributed by atoms with Crippen molar-refractivity contribution in [3.63, 3.8) is 0 Å². The Labute approximate surface area is 129 Å². The Bertz CT molecular complexity index is 389. The molecule has 0 aliphatic heterocycles. The van der Waals surface area contributed by atoms with Crippen LogP contribution in [0, 0.1) is 5.92 Å². The first-order valence-corrected chi connectivity index (χ1v) is 7.53. The van der Waals surface area contributed by atoms with Crippen molar-refractivity contribution in [1.29, 1.82) is 0 Å². The van der Waals surface area contributed by atoms with Crippen molar-refractivity contribution < 1.29 is 14.6 Å². The van der Waals surface area contributed by atoms with Gasteiger partial charge in [0.1, 0.15) is 6.10 Å². The Hall–Kier alpha value is -1.35. The summed E-state index contributed by atoms with van der Waals surface area (Å²) in [6.07, 6.45) is 9.49. The van der Waals surface area contributed by atoms with Gasteiger partial charge in [0.15, 0.2) is 0 Å². The summed E-state index contributed by atoms with van der Waals surface area (Å²) in [5.41, 5.74) is 0.318. The van der Waals surface area contributed by atoms with Gasteiger partial charge in [-0.3, -0.25) is 4.79 Å². The molecule has 0 unspecified atom stereocenters. The lowest BCUT2D eigenvalue weighted by Crippen LogP contribution is -2.19. The van der Waals surface area contributed by atoms with E-state index in [0.717, 1.165) is 12.0 Å². The molecule has 0 rings (SSSR count). The van der Waals surface area contributed by atoms with Gasteiger partial charge in [0.05, 0.1) is 5.60 Å². The van der Waals surface area contributed by atoms with Crippen molar-refractivity contribution in [3.05, 3.63) is 36.5 Å². The van der Waals surface area contributed by atoms with Crippen molar-refractivity contribution in [3.8, 4) is 0 Å². The summed E-state index contributed by atoms with van der Waals surface area (Å²) in [6.45, 7) is 13.0. The van der Waals surface area contributed by atoms with Crippen molar-refractivity contribution in [2.45, 2.75) is 65.6 Å². The van der Waals surface area contributed by atoms with Gasteiger partial charge in [-0.15, -0.1) is 6.58 Å². The zero-order chi connectivity index (χ0) is 16.5. The Morgan fingerprint density at radius 2 is 1.95 bits per heavy atom. The molecule has 21 heavy (non-hydrogen) atoms. The third-order valence-electron chi connectivity index (χ3n) is 3.13. The van der Waals surface area contributed by atoms with Gasteiger partial charge in [0, 0.05) is 13.3 Å². The normalized spacial score (nSPS) is 16.8. The molecular formula is C18H30O3. The quantitative estimate of drug-likeness (QED) is 0.512. The maximum Gasteiger partial charge on any atom is 0.303 e. The van der Waals surface area contributed by atoms with Crippen molar-refractivity contribution >= 4 is 5.97 Å². The number of carbonyl (C=O) groups excluding carboxylic acids is 1. The molecule has 0 spiro atoms. The molecule has 0 aliphatic carbocycles. The highest BCUT2D eigenvalue weighted by Gasteiger charge is 2.14. The minimum Gasteiger partial charge on any atom is -0.458 e. The molecule has 0 amide bonds. The lowest BCUT2D eigenvalue weighted by Gasteiger charge is -2.17. The molecule has 0 aromatic carbocycles. The number of rotatable bonds is 9. The Morgan fingerprint density at radius 1 is 1.33 bits per heavy atom. The van der Waals surface area contributed by atoms with E-state index in [1.54, 1.807) is 13.0 Å². The zero-order valence-corrected chi connectivity index (χ0v) is 14.1. The summed E-state index contributed by atoms with van der Waals surface area (Å²) in [6, 6.07) is 0. The van der Waals surface area contributed by atoms with Crippen LogP contribution >= 0.6 is 0 Å². The first-order chi connectivity index (χ1) is 9.66. The molecule has 0 heterocycles. The van der Waals surface area contributed by atoms with Crippen molar-refractivity contribution in [1.82, 2.24) is 0 Å². The molecule has 0 bridgehead atoms. The van der Waals surface area contributed by atoms with Crippen LogP contribution in [0.3, 0.4) is 0 Å². The highest BCUT2D eigenvalue weighted by atomic mass is 16.5. The second-order valence-electron chi connectivity index (χ2n) is 6.13. The predicted octanol–water partition coefficient (Wildman–Crippen LogP) is 4.18. The summed E-state index contributed by atoms with van der Waals surface area (Å²) in [5, 5.41) is 9.85. The van der Waals surface area contributed by atoms with Gasteiger partial charge in [-0.05, 0) is 38.7 Å². The molecule has 3 nitrogen and oxygen atoms in total. The minimum atomic E-state index is -0.830. The molecule has 1 N–H and O–H groups in total. The van der Waals surface area contributed by atoms with Crippen LogP contribution < -0.4 is 0 Å². The molecule has 2 atom stereocenters. The van der Waals surface area contributed by atoms with Crippen LogP contribution in [-0.2, 0) is 9.53 Å². The second kappa shape index (κ2) is 9.56. The van der Waals surface area contributed by atoms with Crippen LogP contribution in [0.4, 0.5) is 0 Å². The van der Waals surface area contributed by atoms with E-state index in [1.165, 1.54) is 6.92 Å². The molecule has 0 aromatic heterocycles. The second-order valence-corrected chi connectivity index (χ2v) is 6.13. The van der Waals surface area contributed by atoms with Gasteiger partial charge >= 0.3 is 5.97 Å². The maximum atomic E-state index is 11.1. The summed E-state index contributed by atoms with van der Waals surface area (Å²) in [4.78, 5) is 11.1. The van der Waals surface area contributed by atoms with E-state index in [-0.39, 0.29) is 12.1 Å². The van der Waals surface area contributed by atoms with E-state index in [2.05, 4.69) is 26.5 Å². The molecule has 0 aliphatic rings. The molecule has 0 saturated carbocycles. The fraction of sp³-hybridized carbons (Fsp3) is 0.611. The van der Waals surface area contributed by atoms with Gasteiger partial charge in [0.25, 0.3) is 0 Å². The Balaban J connectivity index is 4.54. The van der Waals surface area contributed by atoms with Gasteiger partial charge in [-0.1, -0.05) is 37.6 Å². The summed E-state index contributed by atoms with van der Waals surface area (Å²) >= 11 is 0. The van der Waals surface area contributed by atoms with Crippen molar-refractivity contribution in [2.75, 3.05) is 0 Å². The molecule has 0 radical (unpaired) electrons. The lowest BCUT2D eigenvalue weighted by molar-refractivity contribution is -0.144. The van der Waals surface area contributed by atoms with Gasteiger partial charge in [0.2, 0.25) is 0 Å². The zero-order valence-electron chi connectivity index (χ0n) is 14.1. The van der Waals surface area contributed by atoms with Gasteiger partial charge in [-0.2, -0.15) is 0 Å². The lowest BCUT2D eigenvalue weighted by atomic mass is 9.98. The number of carbonyl (C=O) groups is 1. The SMILES string of the molecule is C=C[C@](C)(O)CC/C=C(\C)C[C@@H](/C=C/C(C)C)OC(C)=O. The van der Waals surface area contributed by atoms with E-state index >= 15 is 0 Å².